The van der Waals surface area contributed by atoms with Gasteiger partial charge in [0.2, 0.25) is 5.91 Å². The predicted molar refractivity (Wildman–Crippen MR) is 72.9 cm³/mol. The third-order valence-electron chi connectivity index (χ3n) is 3.38. The summed E-state index contributed by atoms with van der Waals surface area (Å²) in [5.74, 6) is 0.114. The van der Waals surface area contributed by atoms with E-state index < -0.39 is 0 Å². The summed E-state index contributed by atoms with van der Waals surface area (Å²) in [5.41, 5.74) is 7.14. The summed E-state index contributed by atoms with van der Waals surface area (Å²) in [6.45, 7) is 2.76. The molecule has 1 atom stereocenters. The molecule has 1 unspecified atom stereocenters. The van der Waals surface area contributed by atoms with Crippen LogP contribution in [0.2, 0.25) is 0 Å². The van der Waals surface area contributed by atoms with Crippen molar-refractivity contribution in [2.24, 2.45) is 5.73 Å². The van der Waals surface area contributed by atoms with Gasteiger partial charge in [-0.05, 0) is 24.8 Å². The molecule has 1 fully saturated rings. The maximum Gasteiger partial charge on any atom is 0.240 e. The fraction of sp³-hybridized carbons (Fsp3) is 0.533. The lowest BCUT2D eigenvalue weighted by molar-refractivity contribution is -0.134. The quantitative estimate of drug-likeness (QED) is 0.837. The van der Waals surface area contributed by atoms with Crippen LogP contribution in [0.15, 0.2) is 30.3 Å². The van der Waals surface area contributed by atoms with Gasteiger partial charge >= 0.3 is 0 Å². The van der Waals surface area contributed by atoms with Crippen LogP contribution in [-0.4, -0.2) is 22.9 Å². The molecule has 1 aliphatic rings. The lowest BCUT2D eigenvalue weighted by atomic mass is 10.1. The van der Waals surface area contributed by atoms with E-state index in [9.17, 15) is 4.79 Å². The molecule has 1 aromatic carbocycles. The first kappa shape index (κ1) is 13.1. The van der Waals surface area contributed by atoms with Gasteiger partial charge in [-0.1, -0.05) is 43.7 Å². The lowest BCUT2D eigenvalue weighted by Crippen LogP contribution is -2.44. The molecule has 2 N–H and O–H groups in total. The average Bonchev–Trinajstić information content (AvgIpc) is 3.21. The maximum atomic E-state index is 12.3. The Hall–Kier alpha value is -1.35. The molecule has 0 radical (unpaired) electrons. The molecule has 1 aromatic rings. The van der Waals surface area contributed by atoms with E-state index in [1.165, 1.54) is 5.56 Å². The van der Waals surface area contributed by atoms with Crippen LogP contribution in [0, 0.1) is 0 Å². The van der Waals surface area contributed by atoms with Gasteiger partial charge in [0.05, 0.1) is 6.04 Å². The van der Waals surface area contributed by atoms with Crippen LogP contribution >= 0.6 is 0 Å². The maximum absolute atomic E-state index is 12.3. The highest BCUT2D eigenvalue weighted by Gasteiger charge is 2.34. The number of benzene rings is 1. The SMILES string of the molecule is CCCC(N)C(=O)N(Cc1ccccc1)C1CC1. The number of carbonyl (C=O) groups excluding carboxylic acids is 1. The molecule has 0 spiro atoms. The Balaban J connectivity index is 2.02. The highest BCUT2D eigenvalue weighted by atomic mass is 16.2. The summed E-state index contributed by atoms with van der Waals surface area (Å²) in [5, 5.41) is 0. The molecule has 3 nitrogen and oxygen atoms in total. The van der Waals surface area contributed by atoms with E-state index in [1.54, 1.807) is 0 Å². The first-order valence-electron chi connectivity index (χ1n) is 6.82. The highest BCUT2D eigenvalue weighted by molar-refractivity contribution is 5.82. The zero-order chi connectivity index (χ0) is 13.0. The van der Waals surface area contributed by atoms with Crippen LogP contribution in [0.25, 0.3) is 0 Å². The van der Waals surface area contributed by atoms with E-state index in [-0.39, 0.29) is 11.9 Å². The van der Waals surface area contributed by atoms with Crippen molar-refractivity contribution in [2.75, 3.05) is 0 Å². The largest absolute Gasteiger partial charge is 0.334 e. The molecule has 0 aromatic heterocycles. The van der Waals surface area contributed by atoms with Crippen molar-refractivity contribution in [1.82, 2.24) is 4.90 Å². The second-order valence-corrected chi connectivity index (χ2v) is 5.08. The molecule has 98 valence electrons. The average molecular weight is 246 g/mol. The molecule has 1 saturated carbocycles. The number of carbonyl (C=O) groups is 1. The molecular weight excluding hydrogens is 224 g/mol. The summed E-state index contributed by atoms with van der Waals surface area (Å²) < 4.78 is 0. The molecule has 3 heteroatoms. The van der Waals surface area contributed by atoms with E-state index >= 15 is 0 Å². The third kappa shape index (κ3) is 3.33. The number of rotatable bonds is 6. The molecule has 18 heavy (non-hydrogen) atoms. The lowest BCUT2D eigenvalue weighted by Gasteiger charge is -2.25. The van der Waals surface area contributed by atoms with Crippen molar-refractivity contribution in [3.05, 3.63) is 35.9 Å². The van der Waals surface area contributed by atoms with Gasteiger partial charge in [-0.3, -0.25) is 4.79 Å². The van der Waals surface area contributed by atoms with E-state index in [1.807, 2.05) is 23.1 Å². The monoisotopic (exact) mass is 246 g/mol. The Bertz CT molecular complexity index is 387. The molecular formula is C15H22N2O. The smallest absolute Gasteiger partial charge is 0.240 e. The van der Waals surface area contributed by atoms with Crippen LogP contribution in [0.4, 0.5) is 0 Å². The van der Waals surface area contributed by atoms with E-state index in [4.69, 9.17) is 5.73 Å². The molecule has 0 bridgehead atoms. The minimum Gasteiger partial charge on any atom is -0.334 e. The molecule has 2 rings (SSSR count). The predicted octanol–water partition coefficient (Wildman–Crippen LogP) is 2.31. The summed E-state index contributed by atoms with van der Waals surface area (Å²) in [7, 11) is 0. The number of hydrogen-bond donors (Lipinski definition) is 1. The van der Waals surface area contributed by atoms with Gasteiger partial charge in [0.1, 0.15) is 0 Å². The van der Waals surface area contributed by atoms with Crippen molar-refractivity contribution in [1.29, 1.82) is 0 Å². The Morgan fingerprint density at radius 2 is 2.06 bits per heavy atom. The van der Waals surface area contributed by atoms with Crippen LogP contribution in [0.3, 0.4) is 0 Å². The Kier molecular flexibility index (Phi) is 4.37. The normalized spacial score (nSPS) is 16.3. The molecule has 1 aliphatic carbocycles. The first-order chi connectivity index (χ1) is 8.72. The summed E-state index contributed by atoms with van der Waals surface area (Å²) in [6.07, 6.45) is 3.97. The number of amides is 1. The molecule has 0 saturated heterocycles. The van der Waals surface area contributed by atoms with Crippen molar-refractivity contribution in [3.63, 3.8) is 0 Å². The van der Waals surface area contributed by atoms with Crippen LogP contribution in [0.5, 0.6) is 0 Å². The Morgan fingerprint density at radius 1 is 1.39 bits per heavy atom. The van der Waals surface area contributed by atoms with E-state index in [2.05, 4.69) is 19.1 Å². The number of nitrogens with zero attached hydrogens (tertiary/aromatic N) is 1. The van der Waals surface area contributed by atoms with Gasteiger partial charge in [-0.25, -0.2) is 0 Å². The zero-order valence-electron chi connectivity index (χ0n) is 11.0. The summed E-state index contributed by atoms with van der Waals surface area (Å²) in [4.78, 5) is 14.3. The van der Waals surface area contributed by atoms with Crippen molar-refractivity contribution in [3.8, 4) is 0 Å². The second-order valence-electron chi connectivity index (χ2n) is 5.08. The molecule has 1 amide bonds. The number of nitrogens with two attached hydrogens (primary N) is 1. The van der Waals surface area contributed by atoms with Crippen LogP contribution < -0.4 is 5.73 Å². The standard InChI is InChI=1S/C15H22N2O/c1-2-6-14(16)15(18)17(13-9-10-13)11-12-7-4-3-5-8-12/h3-5,7-8,13-14H,2,6,9-11,16H2,1H3. The van der Waals surface area contributed by atoms with Crippen molar-refractivity contribution < 1.29 is 4.79 Å². The van der Waals surface area contributed by atoms with Gasteiger partial charge in [0.15, 0.2) is 0 Å². The van der Waals surface area contributed by atoms with Gasteiger partial charge in [-0.15, -0.1) is 0 Å². The van der Waals surface area contributed by atoms with Crippen LogP contribution in [0.1, 0.15) is 38.2 Å². The Morgan fingerprint density at radius 3 is 2.61 bits per heavy atom. The molecule has 0 heterocycles. The fourth-order valence-corrected chi connectivity index (χ4v) is 2.20. The topological polar surface area (TPSA) is 46.3 Å². The van der Waals surface area contributed by atoms with Crippen LogP contribution in [-0.2, 0) is 11.3 Å². The second kappa shape index (κ2) is 6.01. The highest BCUT2D eigenvalue weighted by Crippen LogP contribution is 2.29. The Labute approximate surface area is 109 Å². The first-order valence-corrected chi connectivity index (χ1v) is 6.82. The zero-order valence-corrected chi connectivity index (χ0v) is 11.0. The summed E-state index contributed by atoms with van der Waals surface area (Å²) >= 11 is 0. The summed E-state index contributed by atoms with van der Waals surface area (Å²) in [6, 6.07) is 10.2. The van der Waals surface area contributed by atoms with Crippen molar-refractivity contribution >= 4 is 5.91 Å². The minimum absolute atomic E-state index is 0.114. The third-order valence-corrected chi connectivity index (χ3v) is 3.38. The van der Waals surface area contributed by atoms with Gasteiger partial charge in [0, 0.05) is 12.6 Å². The van der Waals surface area contributed by atoms with Gasteiger partial charge in [0.25, 0.3) is 0 Å². The number of hydrogen-bond acceptors (Lipinski definition) is 2. The minimum atomic E-state index is -0.334. The molecule has 0 aliphatic heterocycles. The van der Waals surface area contributed by atoms with Gasteiger partial charge < -0.3 is 10.6 Å². The fourth-order valence-electron chi connectivity index (χ4n) is 2.20. The van der Waals surface area contributed by atoms with Gasteiger partial charge in [-0.2, -0.15) is 0 Å². The van der Waals surface area contributed by atoms with E-state index in [0.717, 1.165) is 25.7 Å². The van der Waals surface area contributed by atoms with Crippen molar-refractivity contribution in [2.45, 2.75) is 51.2 Å². The van der Waals surface area contributed by atoms with E-state index in [0.29, 0.717) is 12.6 Å².